The van der Waals surface area contributed by atoms with Crippen LogP contribution in [0.5, 0.6) is 5.75 Å². The average Bonchev–Trinajstić information content (AvgIpc) is 2.39. The Hall–Kier alpha value is -1.21. The van der Waals surface area contributed by atoms with E-state index in [-0.39, 0.29) is 5.60 Å². The standard InChI is InChI=1S/C17H19ClO/c1-12-11-17(2,13-6-4-3-5-7-13)19-16-10-14(18)8-9-15(12)16/h6,8-11H,3-5,7H2,1-2H3/t17-/m1/s1. The minimum absolute atomic E-state index is 0.303. The first-order valence-corrected chi connectivity index (χ1v) is 7.34. The molecule has 1 atom stereocenters. The molecule has 3 rings (SSSR count). The second kappa shape index (κ2) is 4.72. The van der Waals surface area contributed by atoms with Gasteiger partial charge in [0.2, 0.25) is 0 Å². The van der Waals surface area contributed by atoms with Crippen molar-refractivity contribution in [2.75, 3.05) is 0 Å². The number of allylic oxidation sites excluding steroid dienone is 2. The van der Waals surface area contributed by atoms with Gasteiger partial charge >= 0.3 is 0 Å². The minimum Gasteiger partial charge on any atom is -0.478 e. The van der Waals surface area contributed by atoms with Crippen LogP contribution in [0.15, 0.2) is 35.9 Å². The van der Waals surface area contributed by atoms with Crippen LogP contribution in [0, 0.1) is 0 Å². The highest BCUT2D eigenvalue weighted by Crippen LogP contribution is 2.42. The first kappa shape index (κ1) is 12.8. The van der Waals surface area contributed by atoms with Gasteiger partial charge in [-0.05, 0) is 75.0 Å². The van der Waals surface area contributed by atoms with Crippen LogP contribution in [0.1, 0.15) is 45.1 Å². The predicted molar refractivity (Wildman–Crippen MR) is 80.7 cm³/mol. The zero-order valence-electron chi connectivity index (χ0n) is 11.5. The molecule has 0 fully saturated rings. The van der Waals surface area contributed by atoms with E-state index in [9.17, 15) is 0 Å². The van der Waals surface area contributed by atoms with E-state index in [1.807, 2.05) is 18.2 Å². The van der Waals surface area contributed by atoms with Crippen molar-refractivity contribution < 1.29 is 4.74 Å². The van der Waals surface area contributed by atoms with Crippen LogP contribution >= 0.6 is 11.6 Å². The van der Waals surface area contributed by atoms with Gasteiger partial charge in [0, 0.05) is 10.6 Å². The molecule has 0 radical (unpaired) electrons. The Morgan fingerprint density at radius 3 is 2.84 bits per heavy atom. The molecular formula is C17H19ClO. The molecule has 1 aliphatic carbocycles. The van der Waals surface area contributed by atoms with Crippen molar-refractivity contribution in [3.63, 3.8) is 0 Å². The third-order valence-corrected chi connectivity index (χ3v) is 4.35. The number of fused-ring (bicyclic) bond motifs is 1. The summed E-state index contributed by atoms with van der Waals surface area (Å²) in [6.45, 7) is 4.31. The molecular weight excluding hydrogens is 256 g/mol. The van der Waals surface area contributed by atoms with E-state index in [0.717, 1.165) is 22.8 Å². The monoisotopic (exact) mass is 274 g/mol. The minimum atomic E-state index is -0.303. The fourth-order valence-corrected chi connectivity index (χ4v) is 3.26. The van der Waals surface area contributed by atoms with Crippen LogP contribution in [-0.4, -0.2) is 5.60 Å². The van der Waals surface area contributed by atoms with E-state index in [1.54, 1.807) is 0 Å². The van der Waals surface area contributed by atoms with Crippen LogP contribution < -0.4 is 4.74 Å². The molecule has 1 nitrogen and oxygen atoms in total. The molecule has 1 aromatic carbocycles. The summed E-state index contributed by atoms with van der Waals surface area (Å²) in [6.07, 6.45) is 9.47. The zero-order chi connectivity index (χ0) is 13.5. The fourth-order valence-electron chi connectivity index (χ4n) is 3.10. The third kappa shape index (κ3) is 2.32. The molecule has 0 unspecified atom stereocenters. The van der Waals surface area contributed by atoms with E-state index in [1.165, 1.54) is 30.4 Å². The topological polar surface area (TPSA) is 9.23 Å². The van der Waals surface area contributed by atoms with Gasteiger partial charge in [-0.3, -0.25) is 0 Å². The molecule has 0 aromatic heterocycles. The van der Waals surface area contributed by atoms with Crippen molar-refractivity contribution in [1.29, 1.82) is 0 Å². The Balaban J connectivity index is 2.03. The molecule has 100 valence electrons. The van der Waals surface area contributed by atoms with Gasteiger partial charge < -0.3 is 4.74 Å². The molecule has 2 aliphatic rings. The van der Waals surface area contributed by atoms with Crippen LogP contribution in [-0.2, 0) is 0 Å². The molecule has 2 heteroatoms. The quantitative estimate of drug-likeness (QED) is 0.624. The lowest BCUT2D eigenvalue weighted by molar-refractivity contribution is 0.168. The lowest BCUT2D eigenvalue weighted by Gasteiger charge is -2.37. The van der Waals surface area contributed by atoms with E-state index >= 15 is 0 Å². The molecule has 0 amide bonds. The molecule has 0 bridgehead atoms. The molecule has 1 aliphatic heterocycles. The summed E-state index contributed by atoms with van der Waals surface area (Å²) in [5.41, 5.74) is 3.52. The maximum Gasteiger partial charge on any atom is 0.146 e. The molecule has 1 aromatic rings. The van der Waals surface area contributed by atoms with Crippen molar-refractivity contribution in [1.82, 2.24) is 0 Å². The largest absolute Gasteiger partial charge is 0.478 e. The van der Waals surface area contributed by atoms with Gasteiger partial charge in [-0.25, -0.2) is 0 Å². The summed E-state index contributed by atoms with van der Waals surface area (Å²) < 4.78 is 6.28. The lowest BCUT2D eigenvalue weighted by atomic mass is 9.83. The number of benzene rings is 1. The highest BCUT2D eigenvalue weighted by molar-refractivity contribution is 6.30. The molecule has 19 heavy (non-hydrogen) atoms. The predicted octanol–water partition coefficient (Wildman–Crippen LogP) is 5.39. The van der Waals surface area contributed by atoms with Crippen LogP contribution in [0.4, 0.5) is 0 Å². The van der Waals surface area contributed by atoms with Gasteiger partial charge in [0.15, 0.2) is 0 Å². The molecule has 0 spiro atoms. The zero-order valence-corrected chi connectivity index (χ0v) is 12.3. The Labute approximate surface area is 119 Å². The van der Waals surface area contributed by atoms with E-state index in [2.05, 4.69) is 26.0 Å². The first-order chi connectivity index (χ1) is 9.08. The lowest BCUT2D eigenvalue weighted by Crippen LogP contribution is -2.35. The van der Waals surface area contributed by atoms with Crippen molar-refractivity contribution in [3.8, 4) is 5.75 Å². The Morgan fingerprint density at radius 2 is 2.11 bits per heavy atom. The normalized spacial score (nSPS) is 26.1. The summed E-state index contributed by atoms with van der Waals surface area (Å²) in [7, 11) is 0. The van der Waals surface area contributed by atoms with Crippen LogP contribution in [0.2, 0.25) is 5.02 Å². The van der Waals surface area contributed by atoms with Gasteiger partial charge in [0.1, 0.15) is 11.4 Å². The number of hydrogen-bond acceptors (Lipinski definition) is 1. The Morgan fingerprint density at radius 1 is 1.26 bits per heavy atom. The second-order valence-corrected chi connectivity index (χ2v) is 6.09. The van der Waals surface area contributed by atoms with Gasteiger partial charge in [-0.1, -0.05) is 17.7 Å². The summed E-state index contributed by atoms with van der Waals surface area (Å²) in [4.78, 5) is 0. The van der Waals surface area contributed by atoms with Crippen molar-refractivity contribution >= 4 is 17.2 Å². The van der Waals surface area contributed by atoms with Gasteiger partial charge in [0.05, 0.1) is 0 Å². The summed E-state index contributed by atoms with van der Waals surface area (Å²) in [5, 5.41) is 0.730. The summed E-state index contributed by atoms with van der Waals surface area (Å²) >= 11 is 6.09. The van der Waals surface area contributed by atoms with Crippen LogP contribution in [0.3, 0.4) is 0 Å². The highest BCUT2D eigenvalue weighted by atomic mass is 35.5. The van der Waals surface area contributed by atoms with Crippen molar-refractivity contribution in [2.24, 2.45) is 0 Å². The highest BCUT2D eigenvalue weighted by Gasteiger charge is 2.33. The summed E-state index contributed by atoms with van der Waals surface area (Å²) in [6, 6.07) is 5.89. The molecule has 0 saturated carbocycles. The second-order valence-electron chi connectivity index (χ2n) is 5.65. The molecule has 0 saturated heterocycles. The molecule has 0 N–H and O–H groups in total. The summed E-state index contributed by atoms with van der Waals surface area (Å²) in [5.74, 6) is 0.904. The maximum atomic E-state index is 6.28. The third-order valence-electron chi connectivity index (χ3n) is 4.11. The fraction of sp³-hybridized carbons (Fsp3) is 0.412. The van der Waals surface area contributed by atoms with E-state index in [4.69, 9.17) is 16.3 Å². The SMILES string of the molecule is CC1=C[C@](C)(C2=CCCCC2)Oc2cc(Cl)ccc21. The van der Waals surface area contributed by atoms with Crippen LogP contribution in [0.25, 0.3) is 5.57 Å². The van der Waals surface area contributed by atoms with Gasteiger partial charge in [0.25, 0.3) is 0 Å². The first-order valence-electron chi connectivity index (χ1n) is 6.96. The number of rotatable bonds is 1. The number of halogens is 1. The maximum absolute atomic E-state index is 6.28. The number of ether oxygens (including phenoxy) is 1. The Kier molecular flexibility index (Phi) is 3.18. The van der Waals surface area contributed by atoms with Gasteiger partial charge in [-0.15, -0.1) is 0 Å². The smallest absolute Gasteiger partial charge is 0.146 e. The van der Waals surface area contributed by atoms with Gasteiger partial charge in [-0.2, -0.15) is 0 Å². The number of hydrogen-bond donors (Lipinski definition) is 0. The van der Waals surface area contributed by atoms with E-state index < -0.39 is 0 Å². The van der Waals surface area contributed by atoms with Crippen molar-refractivity contribution in [2.45, 2.75) is 45.1 Å². The average molecular weight is 275 g/mol. The van der Waals surface area contributed by atoms with Crippen molar-refractivity contribution in [3.05, 3.63) is 46.5 Å². The van der Waals surface area contributed by atoms with E-state index in [0.29, 0.717) is 0 Å². The molecule has 1 heterocycles. The Bertz CT molecular complexity index is 571.